The van der Waals surface area contributed by atoms with Crippen molar-refractivity contribution in [3.05, 3.63) is 71.2 Å². The Bertz CT molecular complexity index is 1160. The maximum atomic E-state index is 12.6. The molecule has 0 fully saturated rings. The van der Waals surface area contributed by atoms with Crippen LogP contribution in [0.2, 0.25) is 0 Å². The van der Waals surface area contributed by atoms with Gasteiger partial charge < -0.3 is 9.09 Å². The first-order valence-corrected chi connectivity index (χ1v) is 8.41. The Balaban J connectivity index is 1.64. The molecule has 0 aliphatic carbocycles. The van der Waals surface area contributed by atoms with Crippen LogP contribution in [0.5, 0.6) is 0 Å². The molecule has 2 heterocycles. The molecule has 4 aromatic rings. The molecule has 0 aliphatic rings. The zero-order valence-corrected chi connectivity index (χ0v) is 14.7. The highest BCUT2D eigenvalue weighted by Gasteiger charge is 2.38. The molecule has 0 saturated heterocycles. The van der Waals surface area contributed by atoms with Crippen LogP contribution in [-0.2, 0) is 12.7 Å². The highest BCUT2D eigenvalue weighted by molar-refractivity contribution is 5.99. The molecule has 5 nitrogen and oxygen atoms in total. The molecule has 28 heavy (non-hydrogen) atoms. The van der Waals surface area contributed by atoms with Gasteiger partial charge >= 0.3 is 12.1 Å². The van der Waals surface area contributed by atoms with Crippen molar-refractivity contribution in [1.29, 1.82) is 0 Å². The second-order valence-corrected chi connectivity index (χ2v) is 6.34. The normalized spacial score (nSPS) is 11.9. The van der Waals surface area contributed by atoms with Crippen molar-refractivity contribution in [3.8, 4) is 11.4 Å². The van der Waals surface area contributed by atoms with E-state index in [1.807, 2.05) is 35.8 Å². The summed E-state index contributed by atoms with van der Waals surface area (Å²) in [6, 6.07) is 14.5. The maximum absolute atomic E-state index is 12.6. The molecule has 2 aromatic carbocycles. The maximum Gasteiger partial charge on any atom is 0.471 e. The standard InChI is InChI=1S/C20H14F3N3O2/c1-12-16(11-27)15-4-2-3-5-17(15)26(12)10-13-6-8-14(9-7-13)18-24-19(28-25-18)20(21,22)23/h2-9,11H,10H2,1H3. The van der Waals surface area contributed by atoms with Crippen LogP contribution in [0.3, 0.4) is 0 Å². The minimum Gasteiger partial charge on any atom is -0.340 e. The summed E-state index contributed by atoms with van der Waals surface area (Å²) in [7, 11) is 0. The van der Waals surface area contributed by atoms with Crippen LogP contribution in [0.1, 0.15) is 27.5 Å². The Hall–Kier alpha value is -3.42. The molecule has 0 unspecified atom stereocenters. The molecule has 4 rings (SSSR count). The Kier molecular flexibility index (Phi) is 4.26. The molecule has 0 spiro atoms. The number of alkyl halides is 3. The molecule has 2 aromatic heterocycles. The predicted molar refractivity (Wildman–Crippen MR) is 95.9 cm³/mol. The number of halogens is 3. The fraction of sp³-hybridized carbons (Fsp3) is 0.150. The number of benzene rings is 2. The number of aromatic nitrogens is 3. The van der Waals surface area contributed by atoms with E-state index in [-0.39, 0.29) is 5.82 Å². The molecule has 0 radical (unpaired) electrons. The third kappa shape index (κ3) is 3.06. The molecule has 0 bridgehead atoms. The summed E-state index contributed by atoms with van der Waals surface area (Å²) >= 11 is 0. The van der Waals surface area contributed by atoms with Crippen molar-refractivity contribution in [2.24, 2.45) is 0 Å². The van der Waals surface area contributed by atoms with Crippen LogP contribution in [0.15, 0.2) is 53.1 Å². The summed E-state index contributed by atoms with van der Waals surface area (Å²) < 4.78 is 44.1. The quantitative estimate of drug-likeness (QED) is 0.470. The minimum atomic E-state index is -4.67. The van der Waals surface area contributed by atoms with E-state index in [9.17, 15) is 18.0 Å². The fourth-order valence-electron chi connectivity index (χ4n) is 3.21. The van der Waals surface area contributed by atoms with Gasteiger partial charge in [0.1, 0.15) is 0 Å². The molecule has 0 N–H and O–H groups in total. The van der Waals surface area contributed by atoms with Gasteiger partial charge in [-0.3, -0.25) is 4.79 Å². The van der Waals surface area contributed by atoms with E-state index in [2.05, 4.69) is 14.7 Å². The van der Waals surface area contributed by atoms with E-state index in [0.717, 1.165) is 28.4 Å². The number of hydrogen-bond donors (Lipinski definition) is 0. The first-order chi connectivity index (χ1) is 13.4. The highest BCUT2D eigenvalue weighted by Crippen LogP contribution is 2.30. The molecule has 0 aliphatic heterocycles. The zero-order chi connectivity index (χ0) is 19.9. The molecular weight excluding hydrogens is 371 g/mol. The second-order valence-electron chi connectivity index (χ2n) is 6.34. The van der Waals surface area contributed by atoms with Crippen LogP contribution in [0.4, 0.5) is 13.2 Å². The van der Waals surface area contributed by atoms with Crippen molar-refractivity contribution in [2.45, 2.75) is 19.6 Å². The van der Waals surface area contributed by atoms with E-state index in [4.69, 9.17) is 0 Å². The van der Waals surface area contributed by atoms with Crippen molar-refractivity contribution in [1.82, 2.24) is 14.7 Å². The van der Waals surface area contributed by atoms with Gasteiger partial charge in [0.25, 0.3) is 0 Å². The lowest BCUT2D eigenvalue weighted by molar-refractivity contribution is -0.159. The lowest BCUT2D eigenvalue weighted by Gasteiger charge is -2.09. The van der Waals surface area contributed by atoms with Crippen molar-refractivity contribution in [2.75, 3.05) is 0 Å². The lowest BCUT2D eigenvalue weighted by atomic mass is 10.1. The molecule has 8 heteroatoms. The van der Waals surface area contributed by atoms with Gasteiger partial charge in [-0.2, -0.15) is 18.2 Å². The Morgan fingerprint density at radius 1 is 1.11 bits per heavy atom. The third-order valence-electron chi connectivity index (χ3n) is 4.62. The molecule has 0 amide bonds. The number of aldehydes is 1. The fourth-order valence-corrected chi connectivity index (χ4v) is 3.21. The third-order valence-corrected chi connectivity index (χ3v) is 4.62. The summed E-state index contributed by atoms with van der Waals surface area (Å²) in [5.41, 5.74) is 3.79. The summed E-state index contributed by atoms with van der Waals surface area (Å²) in [4.78, 5) is 14.9. The minimum absolute atomic E-state index is 0.121. The number of para-hydroxylation sites is 1. The van der Waals surface area contributed by atoms with Crippen LogP contribution in [0, 0.1) is 6.92 Å². The van der Waals surface area contributed by atoms with Gasteiger partial charge in [-0.25, -0.2) is 0 Å². The van der Waals surface area contributed by atoms with Crippen LogP contribution >= 0.6 is 0 Å². The predicted octanol–water partition coefficient (Wildman–Crippen LogP) is 4.88. The number of nitrogens with zero attached hydrogens (tertiary/aromatic N) is 3. The summed E-state index contributed by atoms with van der Waals surface area (Å²) in [6.07, 6.45) is -3.82. The Morgan fingerprint density at radius 2 is 1.82 bits per heavy atom. The summed E-state index contributed by atoms with van der Waals surface area (Å²) in [6.45, 7) is 2.40. The highest BCUT2D eigenvalue weighted by atomic mass is 19.4. The van der Waals surface area contributed by atoms with Gasteiger partial charge in [0.15, 0.2) is 6.29 Å². The van der Waals surface area contributed by atoms with Crippen LogP contribution < -0.4 is 0 Å². The van der Waals surface area contributed by atoms with E-state index < -0.39 is 12.1 Å². The molecule has 0 atom stereocenters. The summed E-state index contributed by atoms with van der Waals surface area (Å²) in [5.74, 6) is -1.49. The van der Waals surface area contributed by atoms with Crippen molar-refractivity contribution >= 4 is 17.2 Å². The van der Waals surface area contributed by atoms with Crippen LogP contribution in [-0.4, -0.2) is 21.0 Å². The van der Waals surface area contributed by atoms with E-state index in [0.29, 0.717) is 17.7 Å². The van der Waals surface area contributed by atoms with Gasteiger partial charge in [-0.15, -0.1) is 0 Å². The molecular formula is C20H14F3N3O2. The monoisotopic (exact) mass is 385 g/mol. The van der Waals surface area contributed by atoms with Crippen LogP contribution in [0.25, 0.3) is 22.3 Å². The zero-order valence-electron chi connectivity index (χ0n) is 14.7. The van der Waals surface area contributed by atoms with E-state index >= 15 is 0 Å². The average Bonchev–Trinajstić information content (AvgIpc) is 3.27. The van der Waals surface area contributed by atoms with Gasteiger partial charge in [-0.05, 0) is 18.6 Å². The number of rotatable bonds is 4. The van der Waals surface area contributed by atoms with Crippen molar-refractivity contribution < 1.29 is 22.5 Å². The van der Waals surface area contributed by atoms with E-state index in [1.165, 1.54) is 0 Å². The molecule has 142 valence electrons. The van der Waals surface area contributed by atoms with Gasteiger partial charge in [0.05, 0.1) is 0 Å². The van der Waals surface area contributed by atoms with E-state index in [1.54, 1.807) is 24.3 Å². The molecule has 0 saturated carbocycles. The first-order valence-electron chi connectivity index (χ1n) is 8.41. The van der Waals surface area contributed by atoms with Gasteiger partial charge in [0.2, 0.25) is 5.82 Å². The number of carbonyl (C=O) groups is 1. The second kappa shape index (κ2) is 6.63. The Morgan fingerprint density at radius 3 is 2.46 bits per heavy atom. The topological polar surface area (TPSA) is 60.9 Å². The number of hydrogen-bond acceptors (Lipinski definition) is 4. The smallest absolute Gasteiger partial charge is 0.340 e. The van der Waals surface area contributed by atoms with Gasteiger partial charge in [-0.1, -0.05) is 47.6 Å². The number of fused-ring (bicyclic) bond motifs is 1. The van der Waals surface area contributed by atoms with Gasteiger partial charge in [0, 0.05) is 34.3 Å². The summed E-state index contributed by atoms with van der Waals surface area (Å²) in [5, 5.41) is 4.27. The average molecular weight is 385 g/mol. The Labute approximate surface area is 157 Å². The van der Waals surface area contributed by atoms with Crippen molar-refractivity contribution in [3.63, 3.8) is 0 Å². The lowest BCUT2D eigenvalue weighted by Crippen LogP contribution is -2.04. The first kappa shape index (κ1) is 18.0. The SMILES string of the molecule is Cc1c(C=O)c2ccccc2n1Cc1ccc(-c2noc(C(F)(F)F)n2)cc1. The number of carbonyl (C=O) groups excluding carboxylic acids is 1. The largest absolute Gasteiger partial charge is 0.471 e.